The van der Waals surface area contributed by atoms with Gasteiger partial charge in [0.2, 0.25) is 0 Å². The van der Waals surface area contributed by atoms with E-state index in [1.54, 1.807) is 40.9 Å². The Kier molecular flexibility index (Phi) is 26.2. The number of carbonyl (C=O) groups excluding carboxylic acids is 2. The number of aromatic nitrogens is 6. The van der Waals surface area contributed by atoms with Gasteiger partial charge < -0.3 is 57.5 Å². The molecule has 11 aliphatic rings. The summed E-state index contributed by atoms with van der Waals surface area (Å²) in [6.45, 7) is 4.05. The molecule has 9 heterocycles. The molecular formula is C92H90BrCl7FN9O12S3. The van der Waals surface area contributed by atoms with Gasteiger partial charge in [0, 0.05) is 101 Å². The summed E-state index contributed by atoms with van der Waals surface area (Å²) >= 11 is 46.9. The molecule has 2 N–H and O–H groups in total. The molecule has 11 fully saturated rings. The van der Waals surface area contributed by atoms with Crippen molar-refractivity contribution in [1.82, 2.24) is 35.7 Å². The van der Waals surface area contributed by atoms with Crippen molar-refractivity contribution in [2.24, 2.45) is 17.8 Å². The highest BCUT2D eigenvalue weighted by Gasteiger charge is 2.50. The fourth-order valence-corrected chi connectivity index (χ4v) is 24.8. The van der Waals surface area contributed by atoms with Crippen molar-refractivity contribution in [2.75, 3.05) is 43.7 Å². The maximum Gasteiger partial charge on any atom is 0.337 e. The number of hydrogen-bond donors (Lipinski definition) is 2. The van der Waals surface area contributed by atoms with Crippen LogP contribution in [-0.4, -0.2) is 124 Å². The number of anilines is 2. The number of rotatable bonds is 22. The van der Waals surface area contributed by atoms with Gasteiger partial charge >= 0.3 is 17.9 Å². The molecule has 0 unspecified atom stereocenters. The second kappa shape index (κ2) is 37.0. The maximum atomic E-state index is 14.5. The fourth-order valence-electron chi connectivity index (χ4n) is 19.3. The number of ether oxygens (including phenoxy) is 5. The highest BCUT2D eigenvalue weighted by molar-refractivity contribution is 9.11. The van der Waals surface area contributed by atoms with Crippen LogP contribution in [0.15, 0.2) is 108 Å². The summed E-state index contributed by atoms with van der Waals surface area (Å²) in [5.74, 6) is 3.99. The molecule has 8 saturated carbocycles. The van der Waals surface area contributed by atoms with Gasteiger partial charge in [-0.15, -0.1) is 23.7 Å². The van der Waals surface area contributed by atoms with E-state index in [9.17, 15) is 23.9 Å². The molecule has 6 bridgehead atoms. The van der Waals surface area contributed by atoms with Crippen molar-refractivity contribution in [1.29, 1.82) is 0 Å². The normalized spacial score (nSPS) is 22.7. The van der Waals surface area contributed by atoms with Crippen LogP contribution in [-0.2, 0) is 43.5 Å². The number of piperidine rings is 3. The molecule has 125 heavy (non-hydrogen) atoms. The highest BCUT2D eigenvalue weighted by atomic mass is 79.9. The first-order chi connectivity index (χ1) is 59.7. The van der Waals surface area contributed by atoms with Crippen LogP contribution < -0.4 is 15.1 Å². The van der Waals surface area contributed by atoms with E-state index in [0.717, 1.165) is 189 Å². The number of methoxy groups -OCH3 is 2. The Labute approximate surface area is 777 Å². The molecule has 0 radical (unpaired) electrons. The average molecular weight is 1960 g/mol. The lowest BCUT2D eigenvalue weighted by atomic mass is 9.79. The Morgan fingerprint density at radius 3 is 1.23 bits per heavy atom. The number of nitrogens with one attached hydrogen (secondary N) is 1. The Balaban J connectivity index is 0.000000118. The third kappa shape index (κ3) is 17.7. The standard InChI is InChI=1S/C32H31Cl2N3O4S.C27H22Cl2FN3O4S.C19H20Cl2N2O2.C13H12BrNO2S.CH4.ClH/c1-39-31(38)18-11-21(16-4-2-5-16)28-26(12-18)42-32(35-28)37-14-19-10-20(37)13-25(19)40-15-22-29(36-41-30(22)17-8-9-17)27-23(33)6-3-7-24(27)34;28-17-2-1-3-18(29)22(17)23-16(25(37-32-23)12-4-5-12)11-36-20-9-15-6-14(20)10-33(15)27-31-24-19(30)7-13(26(34)35)8-21(24)38-27;20-14-2-1-3-15(21)17(14)18-13(19(25-23-18)10-4-5-10)9-24-16-7-12-6-11(16)8-22-12;1-17-12(16)8-5-9(7-3-2-4-7)11-10(6-8)18-13(14)15-11;;/h3,6-7,11-12,16-17,19-20,25H,2,4-5,8-10,13-15H2,1H3;1-3,7-8,12,14-15,20H,4-6,9-11H2,(H,34,35);1-3,10-12,16,22H,4-9H2;5-7H,2-4H2,1H3;1H4;1H/t19-,20-,25+;14-,15-,20+;11-,12-,16+;;;/m111.../s1. The summed E-state index contributed by atoms with van der Waals surface area (Å²) < 4.78 is 64.6. The quantitative estimate of drug-likeness (QED) is 0.0598. The van der Waals surface area contributed by atoms with Gasteiger partial charge in [0.1, 0.15) is 39.9 Å². The molecule has 0 amide bonds. The third-order valence-corrected chi connectivity index (χ3v) is 32.0. The Morgan fingerprint density at radius 2 is 0.880 bits per heavy atom. The van der Waals surface area contributed by atoms with Crippen LogP contribution in [0.5, 0.6) is 0 Å². The summed E-state index contributed by atoms with van der Waals surface area (Å²) in [7, 11) is 2.85. The van der Waals surface area contributed by atoms with Crippen molar-refractivity contribution in [3.05, 3.63) is 193 Å². The molecule has 6 aromatic carbocycles. The molecule has 33 heteroatoms. The smallest absolute Gasteiger partial charge is 0.337 e. The molecule has 0 spiro atoms. The maximum absolute atomic E-state index is 14.5. The van der Waals surface area contributed by atoms with E-state index in [0.29, 0.717) is 154 Å². The molecule has 23 rings (SSSR count). The van der Waals surface area contributed by atoms with Gasteiger partial charge in [-0.3, -0.25) is 0 Å². The van der Waals surface area contributed by atoms with Crippen LogP contribution in [0.1, 0.15) is 229 Å². The van der Waals surface area contributed by atoms with Crippen molar-refractivity contribution >= 4 is 191 Å². The molecule has 12 aromatic rings. The van der Waals surface area contributed by atoms with Gasteiger partial charge in [0.25, 0.3) is 0 Å². The topological polar surface area (TPSA) is 253 Å². The minimum absolute atomic E-state index is 0. The number of benzene rings is 6. The number of aromatic carboxylic acids is 1. The molecule has 656 valence electrons. The minimum atomic E-state index is -1.15. The van der Waals surface area contributed by atoms with Gasteiger partial charge in [-0.05, 0) is 220 Å². The number of nitrogens with zero attached hydrogens (tertiary/aromatic N) is 8. The van der Waals surface area contributed by atoms with Crippen molar-refractivity contribution in [3.8, 4) is 33.8 Å². The molecule has 9 atom stereocenters. The van der Waals surface area contributed by atoms with Crippen LogP contribution in [0.4, 0.5) is 14.7 Å². The van der Waals surface area contributed by atoms with Crippen LogP contribution in [0, 0.1) is 23.6 Å². The number of carboxylic acid groups (broad SMARTS) is 1. The first-order valence-corrected chi connectivity index (χ1v) is 47.7. The van der Waals surface area contributed by atoms with Gasteiger partial charge in [0.15, 0.2) is 20.0 Å². The number of hydrogen-bond acceptors (Lipinski definition) is 23. The second-order valence-electron chi connectivity index (χ2n) is 34.3. The van der Waals surface area contributed by atoms with Crippen molar-refractivity contribution in [3.63, 3.8) is 0 Å². The van der Waals surface area contributed by atoms with Gasteiger partial charge in [-0.2, -0.15) is 0 Å². The SMILES string of the molecule is C.COC(=O)c1cc(C2CCC2)c2nc(Br)sc2c1.COC(=O)c1cc(C2CCC2)c2nc(N3C[C@H]4C[C@@H]3C[C@@H]4OCc3c(-c4c(Cl)cccc4Cl)noc3C3CC3)sc2c1.Cl.Clc1cccc(Cl)c1-c1noc(C2CC2)c1CO[C@H]1C[C@H]2C[C@@H]1CN2.O=C(O)c1cc(F)c2nc(N3C[C@H]4C[C@@H]3C[C@@H]4OCc3c(-c4c(Cl)cccc4Cl)noc3C3CC3)sc2c1. The number of fused-ring (bicyclic) bond motifs is 9. The third-order valence-electron chi connectivity index (χ3n) is 26.6. The molecule has 8 aliphatic carbocycles. The second-order valence-corrected chi connectivity index (χ2v) is 41.1. The van der Waals surface area contributed by atoms with Gasteiger partial charge in [-0.1, -0.05) is 146 Å². The van der Waals surface area contributed by atoms with Crippen molar-refractivity contribution in [2.45, 2.75) is 209 Å². The van der Waals surface area contributed by atoms with Crippen molar-refractivity contribution < 1.29 is 61.1 Å². The van der Waals surface area contributed by atoms with E-state index in [1.165, 1.54) is 74.9 Å². The molecule has 6 aromatic heterocycles. The zero-order chi connectivity index (χ0) is 84.3. The van der Waals surface area contributed by atoms with E-state index in [4.69, 9.17) is 112 Å². The van der Waals surface area contributed by atoms with E-state index >= 15 is 0 Å². The lowest BCUT2D eigenvalue weighted by Crippen LogP contribution is -2.38. The lowest BCUT2D eigenvalue weighted by molar-refractivity contribution is 0.00912. The number of carboxylic acids is 1. The summed E-state index contributed by atoms with van der Waals surface area (Å²) in [4.78, 5) is 54.3. The Hall–Kier alpha value is -7.09. The number of carbonyl (C=O) groups is 3. The summed E-state index contributed by atoms with van der Waals surface area (Å²) in [6.07, 6.45) is 20.5. The van der Waals surface area contributed by atoms with Crippen LogP contribution in [0.2, 0.25) is 30.1 Å². The van der Waals surface area contributed by atoms with E-state index in [1.807, 2.05) is 60.7 Å². The predicted octanol–water partition coefficient (Wildman–Crippen LogP) is 25.5. The zero-order valence-corrected chi connectivity index (χ0v) is 76.8. The highest BCUT2D eigenvalue weighted by Crippen LogP contribution is 2.54. The summed E-state index contributed by atoms with van der Waals surface area (Å²) in [5.41, 5.74) is 13.0. The molecular weight excluding hydrogens is 1870 g/mol. The zero-order valence-electron chi connectivity index (χ0n) is 67.4. The summed E-state index contributed by atoms with van der Waals surface area (Å²) in [5, 5.41) is 31.0. The van der Waals surface area contributed by atoms with Crippen LogP contribution in [0.25, 0.3) is 64.4 Å². The van der Waals surface area contributed by atoms with E-state index < -0.39 is 11.8 Å². The lowest BCUT2D eigenvalue weighted by Gasteiger charge is -2.31. The van der Waals surface area contributed by atoms with Gasteiger partial charge in [0.05, 0.1) is 124 Å². The predicted molar refractivity (Wildman–Crippen MR) is 493 cm³/mol. The van der Waals surface area contributed by atoms with Crippen LogP contribution >= 0.6 is 132 Å². The molecule has 21 nitrogen and oxygen atoms in total. The number of thiazole rings is 3. The van der Waals surface area contributed by atoms with Gasteiger partial charge in [-0.25, -0.2) is 33.7 Å². The Morgan fingerprint density at radius 1 is 0.496 bits per heavy atom. The fraction of sp³-hybridized carbons (Fsp3) is 0.446. The first kappa shape index (κ1) is 88.5. The van der Waals surface area contributed by atoms with E-state index in [2.05, 4.69) is 56.5 Å². The van der Waals surface area contributed by atoms with E-state index in [-0.39, 0.29) is 61.1 Å². The van der Waals surface area contributed by atoms with Crippen LogP contribution in [0.3, 0.4) is 0 Å². The monoisotopic (exact) mass is 1950 g/mol. The number of esters is 2. The molecule has 3 saturated heterocycles. The largest absolute Gasteiger partial charge is 0.478 e. The minimum Gasteiger partial charge on any atom is -0.478 e. The average Bonchev–Trinajstić information content (AvgIpc) is 1.61. The molecule has 3 aliphatic heterocycles. The first-order valence-electron chi connectivity index (χ1n) is 42.2. The Bertz CT molecular complexity index is 6040. The summed E-state index contributed by atoms with van der Waals surface area (Å²) in [6, 6.07) is 27.9. The number of halogens is 9.